The van der Waals surface area contributed by atoms with Crippen LogP contribution in [0.15, 0.2) is 9.98 Å². The van der Waals surface area contributed by atoms with Crippen LogP contribution in [0.5, 0.6) is 0 Å². The van der Waals surface area contributed by atoms with E-state index in [0.29, 0.717) is 0 Å². The lowest BCUT2D eigenvalue weighted by molar-refractivity contribution is 0.523. The molecule has 0 aromatic carbocycles. The lowest BCUT2D eigenvalue weighted by Gasteiger charge is -2.14. The van der Waals surface area contributed by atoms with E-state index < -0.39 is 0 Å². The molecule has 9 heavy (non-hydrogen) atoms. The number of rotatable bonds is 0. The van der Waals surface area contributed by atoms with Crippen LogP contribution in [0.25, 0.3) is 0 Å². The molecule has 0 aromatic heterocycles. The van der Waals surface area contributed by atoms with Gasteiger partial charge in [0.05, 0.1) is 18.3 Å². The third-order valence-corrected chi connectivity index (χ3v) is 1.46. The molecule has 1 heterocycles. The van der Waals surface area contributed by atoms with Crippen molar-refractivity contribution in [3.05, 3.63) is 0 Å². The summed E-state index contributed by atoms with van der Waals surface area (Å²) in [4.78, 5) is 7.87. The van der Waals surface area contributed by atoms with E-state index in [1.807, 2.05) is 13.8 Å². The van der Waals surface area contributed by atoms with E-state index in [1.54, 1.807) is 0 Å². The highest BCUT2D eigenvalue weighted by molar-refractivity contribution is 6.25. The van der Waals surface area contributed by atoms with Crippen molar-refractivity contribution in [2.75, 3.05) is 0 Å². The van der Waals surface area contributed by atoms with Gasteiger partial charge in [-0.3, -0.25) is 4.99 Å². The van der Waals surface area contributed by atoms with Gasteiger partial charge in [-0.25, -0.2) is 4.99 Å². The summed E-state index contributed by atoms with van der Waals surface area (Å²) < 4.78 is 0. The highest BCUT2D eigenvalue weighted by Crippen LogP contribution is 2.04. The van der Waals surface area contributed by atoms with Crippen LogP contribution in [0.3, 0.4) is 0 Å². The molecule has 1 aliphatic heterocycles. The third kappa shape index (κ3) is 1.28. The molecule has 3 nitrogen and oxygen atoms in total. The molecule has 0 amide bonds. The Labute approximate surface area is 54.1 Å². The summed E-state index contributed by atoms with van der Waals surface area (Å²) in [7, 11) is 0. The maximum atomic E-state index is 8.80. The molecule has 0 aliphatic carbocycles. The summed E-state index contributed by atoms with van der Waals surface area (Å²) in [5, 5.41) is 8.80. The van der Waals surface area contributed by atoms with Crippen molar-refractivity contribution in [2.24, 2.45) is 9.98 Å². The van der Waals surface area contributed by atoms with Crippen LogP contribution >= 0.6 is 0 Å². The number of aliphatic imine (C=N–C) groups is 2. The first-order valence-corrected chi connectivity index (χ1v) is 3.00. The van der Waals surface area contributed by atoms with E-state index in [9.17, 15) is 0 Å². The van der Waals surface area contributed by atoms with Crippen molar-refractivity contribution in [1.82, 2.24) is 0 Å². The molecule has 2 unspecified atom stereocenters. The molecule has 1 rings (SSSR count). The van der Waals surface area contributed by atoms with Gasteiger partial charge in [0.1, 0.15) is 0 Å². The molecule has 50 valence electrons. The number of hydrogen-bond acceptors (Lipinski definition) is 2. The summed E-state index contributed by atoms with van der Waals surface area (Å²) in [5.41, 5.74) is 0. The molecular weight excluding hydrogens is 116 g/mol. The second-order valence-corrected chi connectivity index (χ2v) is 2.25. The SMILES string of the molecule is CC1N=CC(O)=NC1C. The summed E-state index contributed by atoms with van der Waals surface area (Å²) in [6.45, 7) is 3.90. The van der Waals surface area contributed by atoms with Gasteiger partial charge in [0.2, 0.25) is 5.90 Å². The first-order chi connectivity index (χ1) is 4.20. The molecule has 0 radical (unpaired) electrons. The summed E-state index contributed by atoms with van der Waals surface area (Å²) in [6, 6.07) is 0.330. The second-order valence-electron chi connectivity index (χ2n) is 2.25. The van der Waals surface area contributed by atoms with Gasteiger partial charge in [-0.15, -0.1) is 0 Å². The van der Waals surface area contributed by atoms with Gasteiger partial charge in [0.25, 0.3) is 0 Å². The monoisotopic (exact) mass is 126 g/mol. The first-order valence-electron chi connectivity index (χ1n) is 3.00. The van der Waals surface area contributed by atoms with Gasteiger partial charge in [-0.2, -0.15) is 0 Å². The lowest BCUT2D eigenvalue weighted by Crippen LogP contribution is -2.23. The molecule has 0 saturated carbocycles. The Hall–Kier alpha value is -0.860. The maximum Gasteiger partial charge on any atom is 0.224 e. The molecule has 0 fully saturated rings. The van der Waals surface area contributed by atoms with Crippen LogP contribution in [0.4, 0.5) is 0 Å². The quantitative estimate of drug-likeness (QED) is 0.512. The molecule has 0 saturated heterocycles. The Kier molecular flexibility index (Phi) is 1.51. The number of hydrogen-bond donors (Lipinski definition) is 1. The minimum Gasteiger partial charge on any atom is -0.492 e. The van der Waals surface area contributed by atoms with Crippen molar-refractivity contribution in [3.8, 4) is 0 Å². The zero-order valence-corrected chi connectivity index (χ0v) is 5.57. The van der Waals surface area contributed by atoms with Crippen LogP contribution < -0.4 is 0 Å². The molecule has 1 N–H and O–H groups in total. The zero-order chi connectivity index (χ0) is 6.85. The molecule has 0 bridgehead atoms. The van der Waals surface area contributed by atoms with E-state index in [2.05, 4.69) is 9.98 Å². The van der Waals surface area contributed by atoms with Crippen molar-refractivity contribution >= 4 is 12.1 Å². The fraction of sp³-hybridized carbons (Fsp3) is 0.667. The molecule has 0 aromatic rings. The number of nitrogens with zero attached hydrogens (tertiary/aromatic N) is 2. The van der Waals surface area contributed by atoms with Crippen molar-refractivity contribution < 1.29 is 5.11 Å². The Bertz CT molecular complexity index is 162. The minimum atomic E-state index is 0.0422. The van der Waals surface area contributed by atoms with Gasteiger partial charge in [0, 0.05) is 0 Å². The minimum absolute atomic E-state index is 0.0422. The highest BCUT2D eigenvalue weighted by Gasteiger charge is 2.12. The summed E-state index contributed by atoms with van der Waals surface area (Å²) in [6.07, 6.45) is 1.39. The standard InChI is InChI=1S/C6H10N2O/c1-4-5(2)8-6(9)3-7-4/h3-5H,1-2H3,(H,8,9). The van der Waals surface area contributed by atoms with Crippen molar-refractivity contribution in [1.29, 1.82) is 0 Å². The van der Waals surface area contributed by atoms with Crippen LogP contribution in [0.1, 0.15) is 13.8 Å². The van der Waals surface area contributed by atoms with E-state index in [4.69, 9.17) is 5.11 Å². The van der Waals surface area contributed by atoms with Crippen LogP contribution in [0, 0.1) is 0 Å². The van der Waals surface area contributed by atoms with Crippen molar-refractivity contribution in [2.45, 2.75) is 25.9 Å². The molecule has 1 aliphatic rings. The number of aliphatic hydroxyl groups is 1. The molecule has 2 atom stereocenters. The second kappa shape index (κ2) is 2.17. The van der Waals surface area contributed by atoms with Crippen LogP contribution in [-0.4, -0.2) is 29.3 Å². The topological polar surface area (TPSA) is 45.0 Å². The highest BCUT2D eigenvalue weighted by atomic mass is 16.3. The normalized spacial score (nSPS) is 34.2. The van der Waals surface area contributed by atoms with Gasteiger partial charge in [0.15, 0.2) is 0 Å². The predicted octanol–water partition coefficient (Wildman–Crippen LogP) is 0.804. The molecular formula is C6H10N2O. The van der Waals surface area contributed by atoms with Crippen LogP contribution in [0.2, 0.25) is 0 Å². The fourth-order valence-electron chi connectivity index (χ4n) is 0.659. The summed E-state index contributed by atoms with van der Waals surface area (Å²) >= 11 is 0. The van der Waals surface area contributed by atoms with Gasteiger partial charge in [-0.05, 0) is 13.8 Å². The van der Waals surface area contributed by atoms with Gasteiger partial charge >= 0.3 is 0 Å². The van der Waals surface area contributed by atoms with Crippen molar-refractivity contribution in [3.63, 3.8) is 0 Å². The first kappa shape index (κ1) is 6.26. The fourth-order valence-corrected chi connectivity index (χ4v) is 0.659. The van der Waals surface area contributed by atoms with E-state index in [0.717, 1.165) is 0 Å². The van der Waals surface area contributed by atoms with E-state index in [1.165, 1.54) is 6.21 Å². The Balaban J connectivity index is 2.70. The zero-order valence-electron chi connectivity index (χ0n) is 5.57. The smallest absolute Gasteiger partial charge is 0.224 e. The Morgan fingerprint density at radius 3 is 2.56 bits per heavy atom. The van der Waals surface area contributed by atoms with E-state index in [-0.39, 0.29) is 18.0 Å². The predicted molar refractivity (Wildman–Crippen MR) is 37.5 cm³/mol. The lowest BCUT2D eigenvalue weighted by atomic mass is 10.2. The van der Waals surface area contributed by atoms with Crippen LogP contribution in [-0.2, 0) is 0 Å². The Morgan fingerprint density at radius 1 is 1.44 bits per heavy atom. The summed E-state index contributed by atoms with van der Waals surface area (Å²) in [5.74, 6) is 0.0422. The molecule has 3 heteroatoms. The molecule has 0 spiro atoms. The maximum absolute atomic E-state index is 8.80. The van der Waals surface area contributed by atoms with E-state index >= 15 is 0 Å². The largest absolute Gasteiger partial charge is 0.492 e. The third-order valence-electron chi connectivity index (χ3n) is 1.46. The van der Waals surface area contributed by atoms with Gasteiger partial charge in [-0.1, -0.05) is 0 Å². The van der Waals surface area contributed by atoms with Gasteiger partial charge < -0.3 is 5.11 Å². The average Bonchev–Trinajstić information content (AvgIpc) is 1.80. The average molecular weight is 126 g/mol. The number of aliphatic hydroxyl groups excluding tert-OH is 1. The Morgan fingerprint density at radius 2 is 2.11 bits per heavy atom.